The summed E-state index contributed by atoms with van der Waals surface area (Å²) >= 11 is 1.10. The summed E-state index contributed by atoms with van der Waals surface area (Å²) in [5, 5.41) is 0. The molecule has 2 aromatic carbocycles. The Morgan fingerprint density at radius 3 is 2.03 bits per heavy atom. The van der Waals surface area contributed by atoms with Gasteiger partial charge in [0.15, 0.2) is 0 Å². The van der Waals surface area contributed by atoms with E-state index in [1.807, 2.05) is 38.1 Å². The molecule has 10 heteroatoms. The Bertz CT molecular complexity index is 1580. The average molecular weight is 551 g/mol. The molecule has 2 heterocycles. The highest BCUT2D eigenvalue weighted by Crippen LogP contribution is 2.38. The third kappa shape index (κ3) is 5.46. The number of methoxy groups -OCH3 is 1. The maximum atomic E-state index is 13.6. The minimum atomic E-state index is -0.927. The van der Waals surface area contributed by atoms with E-state index in [-0.39, 0.29) is 28.2 Å². The standard InChI is InChI=1S/C29H30N2O7S/c1-5-36-19-12-8-17(9-13-19)16-21-26(32)31-25(30)23(29(34)38-7-3)22(24(27(31)39-21)28(33)35-4)18-10-14-20(15-11-18)37-6-2/h8-16,22H,5-7,30H2,1-4H3. The minimum absolute atomic E-state index is 0.0126. The number of benzene rings is 2. The van der Waals surface area contributed by atoms with Crippen molar-refractivity contribution in [3.8, 4) is 11.5 Å². The lowest BCUT2D eigenvalue weighted by molar-refractivity contribution is -0.138. The number of fused-ring (bicyclic) bond motifs is 1. The molecule has 4 rings (SSSR count). The zero-order valence-corrected chi connectivity index (χ0v) is 23.0. The Balaban J connectivity index is 2.01. The van der Waals surface area contributed by atoms with Gasteiger partial charge >= 0.3 is 11.9 Å². The van der Waals surface area contributed by atoms with E-state index >= 15 is 0 Å². The quantitative estimate of drug-likeness (QED) is 0.404. The second-order valence-corrected chi connectivity index (χ2v) is 9.45. The van der Waals surface area contributed by atoms with Gasteiger partial charge in [0, 0.05) is 0 Å². The van der Waals surface area contributed by atoms with Gasteiger partial charge in [0.05, 0.1) is 48.5 Å². The van der Waals surface area contributed by atoms with Crippen molar-refractivity contribution in [2.75, 3.05) is 26.9 Å². The van der Waals surface area contributed by atoms with E-state index in [4.69, 9.17) is 24.7 Å². The summed E-state index contributed by atoms with van der Waals surface area (Å²) in [6.07, 6.45) is 1.70. The van der Waals surface area contributed by atoms with Crippen LogP contribution in [0, 0.1) is 0 Å². The lowest BCUT2D eigenvalue weighted by atomic mass is 9.83. The van der Waals surface area contributed by atoms with Crippen LogP contribution in [0.15, 0.2) is 58.9 Å². The van der Waals surface area contributed by atoms with Crippen LogP contribution in [0.25, 0.3) is 17.5 Å². The first-order valence-electron chi connectivity index (χ1n) is 12.5. The van der Waals surface area contributed by atoms with Gasteiger partial charge in [-0.25, -0.2) is 9.59 Å². The number of thiazole rings is 1. The van der Waals surface area contributed by atoms with Crippen molar-refractivity contribution in [1.29, 1.82) is 0 Å². The summed E-state index contributed by atoms with van der Waals surface area (Å²) in [5.41, 5.74) is 7.51. The molecule has 0 saturated heterocycles. The number of aromatic nitrogens is 1. The van der Waals surface area contributed by atoms with Gasteiger partial charge in [-0.05, 0) is 62.2 Å². The minimum Gasteiger partial charge on any atom is -0.494 e. The fourth-order valence-electron chi connectivity index (χ4n) is 4.40. The number of carbonyl (C=O) groups excluding carboxylic acids is 2. The topological polar surface area (TPSA) is 119 Å². The smallest absolute Gasteiger partial charge is 0.338 e. The second kappa shape index (κ2) is 12.0. The molecule has 39 heavy (non-hydrogen) atoms. The van der Waals surface area contributed by atoms with Crippen LogP contribution in [-0.2, 0) is 19.1 Å². The zero-order chi connectivity index (χ0) is 28.1. The van der Waals surface area contributed by atoms with Gasteiger partial charge in [-0.15, -0.1) is 11.3 Å². The van der Waals surface area contributed by atoms with Gasteiger partial charge in [-0.2, -0.15) is 0 Å². The molecule has 0 spiro atoms. The fraction of sp³-hybridized carbons (Fsp3) is 0.276. The number of carbonyl (C=O) groups is 2. The number of ether oxygens (including phenoxy) is 4. The summed E-state index contributed by atoms with van der Waals surface area (Å²) in [6.45, 7) is 6.55. The third-order valence-electron chi connectivity index (χ3n) is 6.06. The first-order valence-corrected chi connectivity index (χ1v) is 13.3. The maximum Gasteiger partial charge on any atom is 0.338 e. The highest BCUT2D eigenvalue weighted by Gasteiger charge is 2.39. The van der Waals surface area contributed by atoms with E-state index < -0.39 is 23.4 Å². The van der Waals surface area contributed by atoms with Gasteiger partial charge in [0.1, 0.15) is 22.0 Å². The summed E-state index contributed by atoms with van der Waals surface area (Å²) < 4.78 is 23.3. The molecule has 9 nitrogen and oxygen atoms in total. The van der Waals surface area contributed by atoms with Crippen LogP contribution in [0.5, 0.6) is 11.5 Å². The van der Waals surface area contributed by atoms with Crippen molar-refractivity contribution in [3.05, 3.63) is 84.8 Å². The van der Waals surface area contributed by atoms with E-state index in [2.05, 4.69) is 0 Å². The van der Waals surface area contributed by atoms with Crippen LogP contribution in [-0.4, -0.2) is 43.4 Å². The van der Waals surface area contributed by atoms with Crippen molar-refractivity contribution >= 4 is 40.7 Å². The van der Waals surface area contributed by atoms with Gasteiger partial charge in [-0.3, -0.25) is 9.36 Å². The monoisotopic (exact) mass is 550 g/mol. The molecule has 204 valence electrons. The van der Waals surface area contributed by atoms with Crippen LogP contribution >= 0.6 is 11.3 Å². The molecule has 0 bridgehead atoms. The summed E-state index contributed by atoms with van der Waals surface area (Å²) in [4.78, 5) is 40.1. The molecule has 2 N–H and O–H groups in total. The number of esters is 2. The molecule has 1 aromatic heterocycles. The van der Waals surface area contributed by atoms with E-state index in [1.54, 1.807) is 37.3 Å². The van der Waals surface area contributed by atoms with Crippen molar-refractivity contribution in [2.45, 2.75) is 26.7 Å². The molecule has 0 fully saturated rings. The average Bonchev–Trinajstić information content (AvgIpc) is 3.25. The molecule has 1 aliphatic heterocycles. The Hall–Kier alpha value is -4.31. The third-order valence-corrected chi connectivity index (χ3v) is 7.17. The summed E-state index contributed by atoms with van der Waals surface area (Å²) in [7, 11) is 1.25. The molecule has 0 radical (unpaired) electrons. The van der Waals surface area contributed by atoms with Crippen LogP contribution < -0.4 is 30.0 Å². The molecular formula is C29H30N2O7S. The highest BCUT2D eigenvalue weighted by atomic mass is 32.1. The lowest BCUT2D eigenvalue weighted by Gasteiger charge is -2.27. The number of rotatable bonds is 9. The van der Waals surface area contributed by atoms with Gasteiger partial charge in [0.2, 0.25) is 0 Å². The number of nitrogens with zero attached hydrogens (tertiary/aromatic N) is 1. The molecule has 0 saturated carbocycles. The molecule has 1 unspecified atom stereocenters. The van der Waals surface area contributed by atoms with Crippen LogP contribution in [0.1, 0.15) is 37.8 Å². The predicted molar refractivity (Wildman–Crippen MR) is 149 cm³/mol. The van der Waals surface area contributed by atoms with Gasteiger partial charge < -0.3 is 24.7 Å². The summed E-state index contributed by atoms with van der Waals surface area (Å²) in [5.74, 6) is -1.10. The van der Waals surface area contributed by atoms with Crippen LogP contribution in [0.2, 0.25) is 0 Å². The normalized spacial score (nSPS) is 15.1. The molecule has 1 aliphatic rings. The van der Waals surface area contributed by atoms with Crippen LogP contribution in [0.4, 0.5) is 0 Å². The number of nitrogens with two attached hydrogens (primary N) is 1. The number of hydrogen-bond donors (Lipinski definition) is 1. The Kier molecular flexibility index (Phi) is 8.55. The van der Waals surface area contributed by atoms with Crippen molar-refractivity contribution < 1.29 is 28.5 Å². The lowest BCUT2D eigenvalue weighted by Crippen LogP contribution is -2.41. The Labute approximate surface area is 229 Å². The zero-order valence-electron chi connectivity index (χ0n) is 22.2. The second-order valence-electron chi connectivity index (χ2n) is 8.42. The first-order chi connectivity index (χ1) is 18.8. The predicted octanol–water partition coefficient (Wildman–Crippen LogP) is 2.35. The molecule has 0 aliphatic carbocycles. The van der Waals surface area contributed by atoms with E-state index in [1.165, 1.54) is 11.7 Å². The maximum absolute atomic E-state index is 13.6. The van der Waals surface area contributed by atoms with Crippen molar-refractivity contribution in [3.63, 3.8) is 0 Å². The molecule has 0 amide bonds. The van der Waals surface area contributed by atoms with E-state index in [0.29, 0.717) is 34.8 Å². The Morgan fingerprint density at radius 2 is 1.49 bits per heavy atom. The highest BCUT2D eigenvalue weighted by molar-refractivity contribution is 7.07. The van der Waals surface area contributed by atoms with Crippen molar-refractivity contribution in [2.24, 2.45) is 5.73 Å². The van der Waals surface area contributed by atoms with Crippen molar-refractivity contribution in [1.82, 2.24) is 4.57 Å². The number of hydrogen-bond acceptors (Lipinski definition) is 9. The molecule has 1 atom stereocenters. The van der Waals surface area contributed by atoms with E-state index in [0.717, 1.165) is 16.9 Å². The van der Waals surface area contributed by atoms with E-state index in [9.17, 15) is 14.4 Å². The fourth-order valence-corrected chi connectivity index (χ4v) is 5.56. The molecule has 3 aromatic rings. The summed E-state index contributed by atoms with van der Waals surface area (Å²) in [6, 6.07) is 14.2. The van der Waals surface area contributed by atoms with Gasteiger partial charge in [0.25, 0.3) is 5.56 Å². The van der Waals surface area contributed by atoms with Gasteiger partial charge in [-0.1, -0.05) is 24.3 Å². The first kappa shape index (κ1) is 27.7. The largest absolute Gasteiger partial charge is 0.494 e. The molecular weight excluding hydrogens is 520 g/mol. The Morgan fingerprint density at radius 1 is 0.897 bits per heavy atom. The SMILES string of the molecule is CCOC(=O)C1=C(N)n2c(sc(=Cc3ccc(OCC)cc3)c2=O)=C(C(=O)OC)C1c1ccc(OCC)cc1. The van der Waals surface area contributed by atoms with Crippen LogP contribution in [0.3, 0.4) is 0 Å².